The number of halogens is 1. The number of carbonyl (C=O) groups is 3. The van der Waals surface area contributed by atoms with Gasteiger partial charge in [0.2, 0.25) is 5.91 Å². The van der Waals surface area contributed by atoms with E-state index in [9.17, 15) is 19.5 Å². The molecule has 1 spiro atoms. The van der Waals surface area contributed by atoms with Gasteiger partial charge in [0.1, 0.15) is 11.0 Å². The van der Waals surface area contributed by atoms with E-state index in [2.05, 4.69) is 10.6 Å². The van der Waals surface area contributed by atoms with E-state index in [4.69, 9.17) is 11.6 Å². The second kappa shape index (κ2) is 6.43. The maximum Gasteiger partial charge on any atom is 0.317 e. The van der Waals surface area contributed by atoms with Crippen LogP contribution in [0.4, 0.5) is 5.69 Å². The number of Topliss-reactive ketones (excluding diaryl/α,β-unsaturated/α-hetero) is 1. The molecule has 1 aliphatic carbocycles. The predicted octanol–water partition coefficient (Wildman–Crippen LogP) is 2.77. The third kappa shape index (κ3) is 2.34. The van der Waals surface area contributed by atoms with E-state index in [-0.39, 0.29) is 24.5 Å². The number of carboxylic acids is 1. The molecular formula is C21H19ClN2O4. The van der Waals surface area contributed by atoms with Crippen molar-refractivity contribution >= 4 is 34.9 Å². The fourth-order valence-corrected chi connectivity index (χ4v) is 4.98. The van der Waals surface area contributed by atoms with Crippen LogP contribution in [0.5, 0.6) is 0 Å². The number of carbonyl (C=O) groups excluding carboxylic acids is 2. The van der Waals surface area contributed by atoms with Crippen LogP contribution in [0.2, 0.25) is 5.02 Å². The van der Waals surface area contributed by atoms with Crippen molar-refractivity contribution in [1.82, 2.24) is 5.32 Å². The van der Waals surface area contributed by atoms with Crippen molar-refractivity contribution in [2.24, 2.45) is 0 Å². The standard InChI is InChI=1S/C21H19ClN2O4/c1-12-4-2-3-5-14(12)21(23-11-18(26)27)17(25)8-9-20(21)15-7-6-13(22)10-16(15)24-19(20)28/h2-7,10,23H,8-9,11H2,1H3,(H,24,28)(H,26,27)/t20-,21+/m0/s1. The molecular weight excluding hydrogens is 380 g/mol. The van der Waals surface area contributed by atoms with Crippen LogP contribution in [0.25, 0.3) is 0 Å². The molecule has 0 saturated heterocycles. The maximum atomic E-state index is 13.4. The highest BCUT2D eigenvalue weighted by molar-refractivity contribution is 6.31. The predicted molar refractivity (Wildman–Crippen MR) is 104 cm³/mol. The molecule has 1 fully saturated rings. The van der Waals surface area contributed by atoms with Gasteiger partial charge in [-0.1, -0.05) is 41.9 Å². The zero-order valence-electron chi connectivity index (χ0n) is 15.2. The number of hydrogen-bond acceptors (Lipinski definition) is 4. The summed E-state index contributed by atoms with van der Waals surface area (Å²) in [4.78, 5) is 38.2. The number of nitrogens with one attached hydrogen (secondary N) is 2. The van der Waals surface area contributed by atoms with E-state index in [0.717, 1.165) is 5.56 Å². The van der Waals surface area contributed by atoms with Gasteiger partial charge in [0.15, 0.2) is 5.78 Å². The summed E-state index contributed by atoms with van der Waals surface area (Å²) < 4.78 is 0. The molecule has 0 bridgehead atoms. The fourth-order valence-electron chi connectivity index (χ4n) is 4.80. The molecule has 0 radical (unpaired) electrons. The largest absolute Gasteiger partial charge is 0.480 e. The third-order valence-electron chi connectivity index (χ3n) is 5.92. The molecule has 2 aromatic rings. The van der Waals surface area contributed by atoms with Gasteiger partial charge in [-0.25, -0.2) is 0 Å². The molecule has 2 atom stereocenters. The normalized spacial score (nSPS) is 25.8. The molecule has 0 unspecified atom stereocenters. The molecule has 28 heavy (non-hydrogen) atoms. The summed E-state index contributed by atoms with van der Waals surface area (Å²) >= 11 is 6.10. The van der Waals surface area contributed by atoms with E-state index in [0.29, 0.717) is 21.8 Å². The fraction of sp³-hybridized carbons (Fsp3) is 0.286. The van der Waals surface area contributed by atoms with Gasteiger partial charge in [-0.2, -0.15) is 0 Å². The molecule has 1 saturated carbocycles. The molecule has 4 rings (SSSR count). The Morgan fingerprint density at radius 2 is 1.96 bits per heavy atom. The second-order valence-electron chi connectivity index (χ2n) is 7.28. The van der Waals surface area contributed by atoms with Crippen molar-refractivity contribution in [3.05, 3.63) is 64.2 Å². The van der Waals surface area contributed by atoms with E-state index >= 15 is 0 Å². The maximum absolute atomic E-state index is 13.4. The third-order valence-corrected chi connectivity index (χ3v) is 6.15. The average Bonchev–Trinajstić information content (AvgIpc) is 3.09. The molecule has 7 heteroatoms. The smallest absolute Gasteiger partial charge is 0.317 e. The molecule has 1 amide bonds. The second-order valence-corrected chi connectivity index (χ2v) is 7.72. The summed E-state index contributed by atoms with van der Waals surface area (Å²) in [5.74, 6) is -1.62. The zero-order valence-corrected chi connectivity index (χ0v) is 16.0. The number of hydrogen-bond donors (Lipinski definition) is 3. The molecule has 2 aromatic carbocycles. The van der Waals surface area contributed by atoms with Crippen LogP contribution in [-0.4, -0.2) is 29.3 Å². The Hall–Kier alpha value is -2.70. The molecule has 1 heterocycles. The van der Waals surface area contributed by atoms with E-state index in [1.54, 1.807) is 30.3 Å². The average molecular weight is 399 g/mol. The number of ketones is 1. The van der Waals surface area contributed by atoms with Crippen LogP contribution < -0.4 is 10.6 Å². The van der Waals surface area contributed by atoms with Crippen LogP contribution in [0.3, 0.4) is 0 Å². The Morgan fingerprint density at radius 1 is 1.21 bits per heavy atom. The van der Waals surface area contributed by atoms with Gasteiger partial charge < -0.3 is 10.4 Å². The van der Waals surface area contributed by atoms with Crippen molar-refractivity contribution in [2.45, 2.75) is 30.7 Å². The summed E-state index contributed by atoms with van der Waals surface area (Å²) in [7, 11) is 0. The SMILES string of the molecule is Cc1ccccc1[C@@]1(NCC(=O)O)C(=O)CC[C@]12C(=O)Nc1cc(Cl)ccc12. The first-order valence-electron chi connectivity index (χ1n) is 9.00. The van der Waals surface area contributed by atoms with Gasteiger partial charge in [-0.05, 0) is 42.2 Å². The molecule has 1 aliphatic heterocycles. The van der Waals surface area contributed by atoms with Crippen LogP contribution >= 0.6 is 11.6 Å². The van der Waals surface area contributed by atoms with Gasteiger partial charge >= 0.3 is 5.97 Å². The Morgan fingerprint density at radius 3 is 2.68 bits per heavy atom. The molecule has 2 aliphatic rings. The lowest BCUT2D eigenvalue weighted by atomic mass is 9.63. The lowest BCUT2D eigenvalue weighted by Gasteiger charge is -2.42. The minimum atomic E-state index is -1.47. The summed E-state index contributed by atoms with van der Waals surface area (Å²) in [6.45, 7) is 1.41. The van der Waals surface area contributed by atoms with Crippen LogP contribution in [0, 0.1) is 6.92 Å². The monoisotopic (exact) mass is 398 g/mol. The summed E-state index contributed by atoms with van der Waals surface area (Å²) in [5.41, 5.74) is -0.0658. The van der Waals surface area contributed by atoms with E-state index in [1.165, 1.54) is 0 Å². The highest BCUT2D eigenvalue weighted by atomic mass is 35.5. The Bertz CT molecular complexity index is 1020. The minimum Gasteiger partial charge on any atom is -0.480 e. The molecule has 144 valence electrons. The topological polar surface area (TPSA) is 95.5 Å². The number of rotatable bonds is 4. The van der Waals surface area contributed by atoms with Crippen molar-refractivity contribution < 1.29 is 19.5 Å². The minimum absolute atomic E-state index is 0.163. The summed E-state index contributed by atoms with van der Waals surface area (Å²) in [6, 6.07) is 12.4. The van der Waals surface area contributed by atoms with E-state index < -0.39 is 23.5 Å². The quantitative estimate of drug-likeness (QED) is 0.736. The number of amides is 1. The van der Waals surface area contributed by atoms with E-state index in [1.807, 2.05) is 19.1 Å². The van der Waals surface area contributed by atoms with Crippen molar-refractivity contribution in [2.75, 3.05) is 11.9 Å². The highest BCUT2D eigenvalue weighted by Gasteiger charge is 2.68. The van der Waals surface area contributed by atoms with Gasteiger partial charge in [0.05, 0.1) is 6.54 Å². The van der Waals surface area contributed by atoms with Gasteiger partial charge in [-0.15, -0.1) is 0 Å². The molecule has 0 aromatic heterocycles. The first-order valence-corrected chi connectivity index (χ1v) is 9.38. The highest BCUT2D eigenvalue weighted by Crippen LogP contribution is 2.57. The summed E-state index contributed by atoms with van der Waals surface area (Å²) in [5, 5.41) is 15.6. The lowest BCUT2D eigenvalue weighted by Crippen LogP contribution is -2.62. The van der Waals surface area contributed by atoms with Gasteiger partial charge in [0.25, 0.3) is 0 Å². The van der Waals surface area contributed by atoms with Crippen LogP contribution in [-0.2, 0) is 25.3 Å². The first kappa shape index (κ1) is 18.7. The zero-order chi connectivity index (χ0) is 20.1. The number of aliphatic carboxylic acids is 1. The summed E-state index contributed by atoms with van der Waals surface area (Å²) in [6.07, 6.45) is 0.448. The van der Waals surface area contributed by atoms with Crippen molar-refractivity contribution in [3.63, 3.8) is 0 Å². The number of anilines is 1. The number of aryl methyl sites for hydroxylation is 1. The Balaban J connectivity index is 2.04. The molecule has 3 N–H and O–H groups in total. The van der Waals surface area contributed by atoms with Crippen LogP contribution in [0.1, 0.15) is 29.5 Å². The van der Waals surface area contributed by atoms with Crippen LogP contribution in [0.15, 0.2) is 42.5 Å². The lowest BCUT2D eigenvalue weighted by molar-refractivity contribution is -0.138. The van der Waals surface area contributed by atoms with Gasteiger partial charge in [-0.3, -0.25) is 19.7 Å². The molecule has 6 nitrogen and oxygen atoms in total. The number of carboxylic acid groups (broad SMARTS) is 1. The van der Waals surface area contributed by atoms with Gasteiger partial charge in [0, 0.05) is 17.1 Å². The van der Waals surface area contributed by atoms with Crippen molar-refractivity contribution in [3.8, 4) is 0 Å². The number of fused-ring (bicyclic) bond motifs is 2. The Labute approximate surface area is 166 Å². The van der Waals surface area contributed by atoms with Crippen molar-refractivity contribution in [1.29, 1.82) is 0 Å². The Kier molecular flexibility index (Phi) is 4.28. The first-order chi connectivity index (χ1) is 13.3. The number of benzene rings is 2.